The van der Waals surface area contributed by atoms with Crippen LogP contribution in [-0.4, -0.2) is 9.78 Å². The SMILES string of the molecule is CC(C)Cn1cc(CNCc2ccco2)cn1.Cl. The Labute approximate surface area is 114 Å². The monoisotopic (exact) mass is 269 g/mol. The Bertz CT molecular complexity index is 437. The lowest BCUT2D eigenvalue weighted by Gasteiger charge is -2.03. The van der Waals surface area contributed by atoms with Gasteiger partial charge in [-0.1, -0.05) is 13.8 Å². The van der Waals surface area contributed by atoms with Gasteiger partial charge in [0.15, 0.2) is 0 Å². The van der Waals surface area contributed by atoms with E-state index >= 15 is 0 Å². The Hall–Kier alpha value is -1.26. The van der Waals surface area contributed by atoms with Crippen molar-refractivity contribution < 1.29 is 4.42 Å². The van der Waals surface area contributed by atoms with Gasteiger partial charge in [-0.25, -0.2) is 0 Å². The van der Waals surface area contributed by atoms with Gasteiger partial charge in [0.1, 0.15) is 5.76 Å². The summed E-state index contributed by atoms with van der Waals surface area (Å²) in [6, 6.07) is 3.87. The lowest BCUT2D eigenvalue weighted by Crippen LogP contribution is -2.11. The molecule has 2 aromatic heterocycles. The molecule has 0 aromatic carbocycles. The van der Waals surface area contributed by atoms with E-state index in [2.05, 4.69) is 30.5 Å². The lowest BCUT2D eigenvalue weighted by molar-refractivity contribution is 0.479. The first kappa shape index (κ1) is 14.8. The van der Waals surface area contributed by atoms with E-state index in [-0.39, 0.29) is 12.4 Å². The minimum atomic E-state index is 0. The first-order valence-corrected chi connectivity index (χ1v) is 5.98. The van der Waals surface area contributed by atoms with Gasteiger partial charge < -0.3 is 9.73 Å². The highest BCUT2D eigenvalue weighted by molar-refractivity contribution is 5.85. The smallest absolute Gasteiger partial charge is 0.117 e. The summed E-state index contributed by atoms with van der Waals surface area (Å²) in [7, 11) is 0. The van der Waals surface area contributed by atoms with Crippen molar-refractivity contribution in [3.63, 3.8) is 0 Å². The Balaban J connectivity index is 0.00000162. The van der Waals surface area contributed by atoms with Gasteiger partial charge in [0, 0.05) is 24.8 Å². The maximum atomic E-state index is 5.25. The maximum Gasteiger partial charge on any atom is 0.117 e. The van der Waals surface area contributed by atoms with Crippen LogP contribution in [0.15, 0.2) is 35.2 Å². The van der Waals surface area contributed by atoms with Gasteiger partial charge in [-0.2, -0.15) is 5.10 Å². The standard InChI is InChI=1S/C13H19N3O.ClH/c1-11(2)9-16-10-12(7-15-16)6-14-8-13-4-3-5-17-13;/h3-5,7,10-11,14H,6,8-9H2,1-2H3;1H. The topological polar surface area (TPSA) is 43.0 Å². The summed E-state index contributed by atoms with van der Waals surface area (Å²) >= 11 is 0. The fourth-order valence-corrected chi connectivity index (χ4v) is 1.71. The second kappa shape index (κ2) is 7.24. The van der Waals surface area contributed by atoms with Crippen LogP contribution in [0, 0.1) is 5.92 Å². The van der Waals surface area contributed by atoms with Gasteiger partial charge in [0.05, 0.1) is 19.0 Å². The van der Waals surface area contributed by atoms with Crippen LogP contribution >= 0.6 is 12.4 Å². The Morgan fingerprint density at radius 1 is 1.39 bits per heavy atom. The largest absolute Gasteiger partial charge is 0.468 e. The number of nitrogens with zero attached hydrogens (tertiary/aromatic N) is 2. The molecule has 1 N–H and O–H groups in total. The van der Waals surface area contributed by atoms with E-state index < -0.39 is 0 Å². The second-order valence-corrected chi connectivity index (χ2v) is 4.65. The molecular weight excluding hydrogens is 250 g/mol. The predicted octanol–water partition coefficient (Wildman–Crippen LogP) is 2.84. The first-order valence-electron chi connectivity index (χ1n) is 5.98. The molecule has 2 aromatic rings. The molecule has 0 saturated heterocycles. The van der Waals surface area contributed by atoms with Gasteiger partial charge in [-0.05, 0) is 18.1 Å². The molecule has 0 saturated carbocycles. The fourth-order valence-electron chi connectivity index (χ4n) is 1.71. The van der Waals surface area contributed by atoms with E-state index in [4.69, 9.17) is 4.42 Å². The van der Waals surface area contributed by atoms with E-state index in [0.29, 0.717) is 5.92 Å². The average molecular weight is 270 g/mol. The number of hydrogen-bond donors (Lipinski definition) is 1. The Morgan fingerprint density at radius 3 is 2.89 bits per heavy atom. The zero-order valence-corrected chi connectivity index (χ0v) is 11.6. The summed E-state index contributed by atoms with van der Waals surface area (Å²) in [5.41, 5.74) is 1.21. The second-order valence-electron chi connectivity index (χ2n) is 4.65. The minimum absolute atomic E-state index is 0. The number of nitrogens with one attached hydrogen (secondary N) is 1. The molecule has 4 nitrogen and oxygen atoms in total. The van der Waals surface area contributed by atoms with Crippen LogP contribution in [0.25, 0.3) is 0 Å². The highest BCUT2D eigenvalue weighted by atomic mass is 35.5. The summed E-state index contributed by atoms with van der Waals surface area (Å²) in [5.74, 6) is 1.58. The molecule has 0 aliphatic heterocycles. The van der Waals surface area contributed by atoms with Crippen molar-refractivity contribution in [2.45, 2.75) is 33.5 Å². The predicted molar refractivity (Wildman–Crippen MR) is 73.6 cm³/mol. The summed E-state index contributed by atoms with van der Waals surface area (Å²) in [5, 5.41) is 7.65. The van der Waals surface area contributed by atoms with Crippen molar-refractivity contribution in [1.29, 1.82) is 0 Å². The summed E-state index contributed by atoms with van der Waals surface area (Å²) in [6.07, 6.45) is 5.70. The molecule has 100 valence electrons. The van der Waals surface area contributed by atoms with Gasteiger partial charge in [0.25, 0.3) is 0 Å². The van der Waals surface area contributed by atoms with Crippen molar-refractivity contribution in [3.8, 4) is 0 Å². The summed E-state index contributed by atoms with van der Waals surface area (Å²) < 4.78 is 7.24. The molecule has 2 heterocycles. The van der Waals surface area contributed by atoms with Crippen molar-refractivity contribution >= 4 is 12.4 Å². The highest BCUT2D eigenvalue weighted by Crippen LogP contribution is 2.03. The minimum Gasteiger partial charge on any atom is -0.468 e. The molecule has 0 aliphatic carbocycles. The van der Waals surface area contributed by atoms with E-state index in [9.17, 15) is 0 Å². The molecule has 5 heteroatoms. The molecular formula is C13H20ClN3O. The van der Waals surface area contributed by atoms with E-state index in [1.54, 1.807) is 6.26 Å². The normalized spacial score (nSPS) is 10.6. The molecule has 0 fully saturated rings. The van der Waals surface area contributed by atoms with Crippen LogP contribution in [0.2, 0.25) is 0 Å². The summed E-state index contributed by atoms with van der Waals surface area (Å²) in [6.45, 7) is 6.92. The number of rotatable bonds is 6. The van der Waals surface area contributed by atoms with Gasteiger partial charge >= 0.3 is 0 Å². The maximum absolute atomic E-state index is 5.25. The van der Waals surface area contributed by atoms with Crippen LogP contribution in [0.5, 0.6) is 0 Å². The van der Waals surface area contributed by atoms with Crippen molar-refractivity contribution in [2.75, 3.05) is 0 Å². The van der Waals surface area contributed by atoms with Crippen molar-refractivity contribution in [1.82, 2.24) is 15.1 Å². The van der Waals surface area contributed by atoms with Gasteiger partial charge in [-0.3, -0.25) is 4.68 Å². The average Bonchev–Trinajstić information content (AvgIpc) is 2.89. The molecule has 0 spiro atoms. The molecule has 0 bridgehead atoms. The Morgan fingerprint density at radius 2 is 2.22 bits per heavy atom. The van der Waals surface area contributed by atoms with Crippen molar-refractivity contribution in [2.24, 2.45) is 5.92 Å². The molecule has 18 heavy (non-hydrogen) atoms. The van der Waals surface area contributed by atoms with Gasteiger partial charge in [0.2, 0.25) is 0 Å². The van der Waals surface area contributed by atoms with E-state index in [1.807, 2.05) is 23.0 Å². The molecule has 0 unspecified atom stereocenters. The third-order valence-electron chi connectivity index (χ3n) is 2.45. The molecule has 2 rings (SSSR count). The quantitative estimate of drug-likeness (QED) is 0.877. The van der Waals surface area contributed by atoms with Crippen molar-refractivity contribution in [3.05, 3.63) is 42.1 Å². The number of hydrogen-bond acceptors (Lipinski definition) is 3. The third kappa shape index (κ3) is 4.55. The Kier molecular flexibility index (Phi) is 5.95. The summed E-state index contributed by atoms with van der Waals surface area (Å²) in [4.78, 5) is 0. The van der Waals surface area contributed by atoms with Crippen LogP contribution < -0.4 is 5.32 Å². The van der Waals surface area contributed by atoms with Crippen LogP contribution in [-0.2, 0) is 19.6 Å². The van der Waals surface area contributed by atoms with Crippen LogP contribution in [0.4, 0.5) is 0 Å². The van der Waals surface area contributed by atoms with E-state index in [0.717, 1.165) is 25.4 Å². The number of furan rings is 1. The molecule has 0 radical (unpaired) electrons. The van der Waals surface area contributed by atoms with Crippen LogP contribution in [0.3, 0.4) is 0 Å². The number of aromatic nitrogens is 2. The third-order valence-corrected chi connectivity index (χ3v) is 2.45. The van der Waals surface area contributed by atoms with Crippen LogP contribution in [0.1, 0.15) is 25.2 Å². The fraction of sp³-hybridized carbons (Fsp3) is 0.462. The molecule has 0 aliphatic rings. The highest BCUT2D eigenvalue weighted by Gasteiger charge is 2.01. The number of halogens is 1. The zero-order valence-electron chi connectivity index (χ0n) is 10.8. The first-order chi connectivity index (χ1) is 8.24. The molecule has 0 atom stereocenters. The van der Waals surface area contributed by atoms with Gasteiger partial charge in [-0.15, -0.1) is 12.4 Å². The molecule has 0 amide bonds. The lowest BCUT2D eigenvalue weighted by atomic mass is 10.2. The van der Waals surface area contributed by atoms with E-state index in [1.165, 1.54) is 5.56 Å². The zero-order chi connectivity index (χ0) is 12.1.